The molecule has 0 saturated carbocycles. The molecule has 0 radical (unpaired) electrons. The molecular weight excluding hydrogens is 589 g/mol. The molecule has 0 unspecified atom stereocenters. The van der Waals surface area contributed by atoms with Crippen LogP contribution in [0.5, 0.6) is 0 Å². The minimum atomic E-state index is 0.632. The van der Waals surface area contributed by atoms with E-state index in [1.807, 2.05) is 60.7 Å². The third-order valence-electron chi connectivity index (χ3n) is 9.24. The second-order valence-corrected chi connectivity index (χ2v) is 12.1. The van der Waals surface area contributed by atoms with E-state index in [0.29, 0.717) is 17.5 Å². The van der Waals surface area contributed by atoms with Crippen molar-refractivity contribution in [2.75, 3.05) is 0 Å². The van der Waals surface area contributed by atoms with Gasteiger partial charge in [0, 0.05) is 55.4 Å². The number of rotatable bonds is 4. The Morgan fingerprint density at radius 1 is 0.396 bits per heavy atom. The number of fused-ring (bicyclic) bond motifs is 8. The third-order valence-corrected chi connectivity index (χ3v) is 9.24. The zero-order chi connectivity index (χ0) is 31.6. The van der Waals surface area contributed by atoms with E-state index < -0.39 is 0 Å². The molecular formula is C43H26N4O. The van der Waals surface area contributed by atoms with E-state index in [1.54, 1.807) is 0 Å². The summed E-state index contributed by atoms with van der Waals surface area (Å²) in [6.45, 7) is 0. The van der Waals surface area contributed by atoms with Crippen LogP contribution in [0.3, 0.4) is 0 Å². The van der Waals surface area contributed by atoms with Gasteiger partial charge < -0.3 is 8.98 Å². The second kappa shape index (κ2) is 10.5. The van der Waals surface area contributed by atoms with E-state index in [4.69, 9.17) is 19.4 Å². The normalized spacial score (nSPS) is 11.8. The Bertz CT molecular complexity index is 2760. The average Bonchev–Trinajstić information content (AvgIpc) is 3.69. The SMILES string of the molecule is c1ccc(-c2nc(-c3ccccc3)nc(-c3ccc(-n4c5ccccc5c5cc6c(cc54)oc4c5ccccc5ccc64)cc3)n2)cc1. The maximum Gasteiger partial charge on any atom is 0.164 e. The largest absolute Gasteiger partial charge is 0.455 e. The van der Waals surface area contributed by atoms with Gasteiger partial charge in [-0.15, -0.1) is 0 Å². The van der Waals surface area contributed by atoms with E-state index >= 15 is 0 Å². The van der Waals surface area contributed by atoms with E-state index in [0.717, 1.165) is 60.7 Å². The van der Waals surface area contributed by atoms with Crippen LogP contribution in [0.2, 0.25) is 0 Å². The number of benzene rings is 7. The Morgan fingerprint density at radius 3 is 1.67 bits per heavy atom. The minimum Gasteiger partial charge on any atom is -0.455 e. The first-order valence-corrected chi connectivity index (χ1v) is 16.0. The molecule has 5 nitrogen and oxygen atoms in total. The standard InChI is InChI=1S/C43H26N4O/c1-3-12-28(13-4-1)41-44-42(29-14-5-2-6-15-29)46-43(45-41)30-19-22-31(23-20-30)47-37-18-10-9-17-33(37)35-25-36-34-24-21-27-11-7-8-16-32(27)40(34)48-39(36)26-38(35)47/h1-26H. The molecule has 224 valence electrons. The molecule has 3 aromatic heterocycles. The highest BCUT2D eigenvalue weighted by Crippen LogP contribution is 2.40. The molecule has 10 aromatic rings. The molecule has 0 bridgehead atoms. The maximum absolute atomic E-state index is 6.60. The predicted octanol–water partition coefficient (Wildman–Crippen LogP) is 11.0. The van der Waals surface area contributed by atoms with E-state index in [-0.39, 0.29) is 0 Å². The van der Waals surface area contributed by atoms with Gasteiger partial charge in [-0.05, 0) is 47.9 Å². The Labute approximate surface area is 275 Å². The molecule has 10 rings (SSSR count). The maximum atomic E-state index is 6.60. The van der Waals surface area contributed by atoms with Crippen molar-refractivity contribution in [2.24, 2.45) is 0 Å². The molecule has 7 aromatic carbocycles. The van der Waals surface area contributed by atoms with Crippen LogP contribution in [0.1, 0.15) is 0 Å². The average molecular weight is 615 g/mol. The number of para-hydroxylation sites is 1. The van der Waals surface area contributed by atoms with Gasteiger partial charge in [-0.2, -0.15) is 0 Å². The van der Waals surface area contributed by atoms with Gasteiger partial charge in [0.1, 0.15) is 11.2 Å². The van der Waals surface area contributed by atoms with Crippen LogP contribution in [0.25, 0.3) is 94.4 Å². The van der Waals surface area contributed by atoms with Gasteiger partial charge in [0.25, 0.3) is 0 Å². The number of hydrogen-bond donors (Lipinski definition) is 0. The lowest BCUT2D eigenvalue weighted by atomic mass is 10.0. The van der Waals surface area contributed by atoms with Gasteiger partial charge >= 0.3 is 0 Å². The Kier molecular flexibility index (Phi) is 5.81. The lowest BCUT2D eigenvalue weighted by Gasteiger charge is -2.10. The predicted molar refractivity (Wildman–Crippen MR) is 195 cm³/mol. The quantitative estimate of drug-likeness (QED) is 0.198. The highest BCUT2D eigenvalue weighted by atomic mass is 16.3. The van der Waals surface area contributed by atoms with Crippen molar-refractivity contribution in [3.05, 3.63) is 158 Å². The molecule has 3 heterocycles. The fourth-order valence-corrected chi connectivity index (χ4v) is 6.94. The molecule has 0 atom stereocenters. The first-order chi connectivity index (χ1) is 23.8. The van der Waals surface area contributed by atoms with Crippen molar-refractivity contribution >= 4 is 54.5 Å². The Morgan fingerprint density at radius 2 is 0.979 bits per heavy atom. The lowest BCUT2D eigenvalue weighted by molar-refractivity contribution is 0.673. The Hall–Kier alpha value is -6.59. The number of furan rings is 1. The topological polar surface area (TPSA) is 56.7 Å². The molecule has 0 aliphatic heterocycles. The van der Waals surface area contributed by atoms with E-state index in [2.05, 4.69) is 102 Å². The van der Waals surface area contributed by atoms with Crippen molar-refractivity contribution in [1.29, 1.82) is 0 Å². The number of nitrogens with zero attached hydrogens (tertiary/aromatic N) is 4. The fraction of sp³-hybridized carbons (Fsp3) is 0. The summed E-state index contributed by atoms with van der Waals surface area (Å²) in [4.78, 5) is 14.7. The van der Waals surface area contributed by atoms with Crippen LogP contribution in [0.15, 0.2) is 162 Å². The Balaban J connectivity index is 1.14. The van der Waals surface area contributed by atoms with Crippen LogP contribution in [0.4, 0.5) is 0 Å². The molecule has 0 saturated heterocycles. The third kappa shape index (κ3) is 4.15. The van der Waals surface area contributed by atoms with Gasteiger partial charge in [0.05, 0.1) is 11.0 Å². The molecule has 0 aliphatic carbocycles. The summed E-state index contributed by atoms with van der Waals surface area (Å²) in [6, 6.07) is 54.4. The van der Waals surface area contributed by atoms with Gasteiger partial charge in [0.15, 0.2) is 17.5 Å². The molecule has 48 heavy (non-hydrogen) atoms. The van der Waals surface area contributed by atoms with Crippen LogP contribution in [-0.2, 0) is 0 Å². The van der Waals surface area contributed by atoms with Crippen molar-refractivity contribution in [2.45, 2.75) is 0 Å². The first-order valence-electron chi connectivity index (χ1n) is 16.0. The summed E-state index contributed by atoms with van der Waals surface area (Å²) >= 11 is 0. The summed E-state index contributed by atoms with van der Waals surface area (Å²) in [5.74, 6) is 1.93. The molecule has 5 heteroatoms. The monoisotopic (exact) mass is 614 g/mol. The summed E-state index contributed by atoms with van der Waals surface area (Å²) in [5.41, 5.74) is 7.91. The van der Waals surface area contributed by atoms with Gasteiger partial charge in [-0.25, -0.2) is 15.0 Å². The molecule has 0 fully saturated rings. The fourth-order valence-electron chi connectivity index (χ4n) is 6.94. The summed E-state index contributed by atoms with van der Waals surface area (Å²) in [6.07, 6.45) is 0. The van der Waals surface area contributed by atoms with Gasteiger partial charge in [-0.1, -0.05) is 109 Å². The second-order valence-electron chi connectivity index (χ2n) is 12.1. The van der Waals surface area contributed by atoms with Crippen molar-refractivity contribution in [1.82, 2.24) is 19.5 Å². The van der Waals surface area contributed by atoms with Crippen LogP contribution < -0.4 is 0 Å². The highest BCUT2D eigenvalue weighted by molar-refractivity contribution is 6.20. The van der Waals surface area contributed by atoms with Crippen LogP contribution >= 0.6 is 0 Å². The van der Waals surface area contributed by atoms with Crippen LogP contribution in [0, 0.1) is 0 Å². The summed E-state index contributed by atoms with van der Waals surface area (Å²) in [5, 5.41) is 6.95. The van der Waals surface area contributed by atoms with Gasteiger partial charge in [-0.3, -0.25) is 0 Å². The van der Waals surface area contributed by atoms with Crippen molar-refractivity contribution < 1.29 is 4.42 Å². The summed E-state index contributed by atoms with van der Waals surface area (Å²) < 4.78 is 8.91. The zero-order valence-corrected chi connectivity index (χ0v) is 25.7. The first kappa shape index (κ1) is 26.6. The minimum absolute atomic E-state index is 0.632. The van der Waals surface area contributed by atoms with E-state index in [9.17, 15) is 0 Å². The molecule has 0 spiro atoms. The van der Waals surface area contributed by atoms with Crippen molar-refractivity contribution in [3.8, 4) is 39.9 Å². The zero-order valence-electron chi connectivity index (χ0n) is 25.7. The van der Waals surface area contributed by atoms with Crippen LogP contribution in [-0.4, -0.2) is 19.5 Å². The number of aromatic nitrogens is 4. The smallest absolute Gasteiger partial charge is 0.164 e. The van der Waals surface area contributed by atoms with Crippen molar-refractivity contribution in [3.63, 3.8) is 0 Å². The molecule has 0 N–H and O–H groups in total. The molecule has 0 aliphatic rings. The highest BCUT2D eigenvalue weighted by Gasteiger charge is 2.18. The molecule has 0 amide bonds. The van der Waals surface area contributed by atoms with E-state index in [1.165, 1.54) is 16.2 Å². The lowest BCUT2D eigenvalue weighted by Crippen LogP contribution is -2.00. The number of hydrogen-bond acceptors (Lipinski definition) is 4. The summed E-state index contributed by atoms with van der Waals surface area (Å²) in [7, 11) is 0. The van der Waals surface area contributed by atoms with Gasteiger partial charge in [0.2, 0.25) is 0 Å².